The van der Waals surface area contributed by atoms with E-state index in [-0.39, 0.29) is 6.61 Å². The van der Waals surface area contributed by atoms with Crippen LogP contribution in [0.25, 0.3) is 22.3 Å². The first-order chi connectivity index (χ1) is 15.6. The van der Waals surface area contributed by atoms with Crippen molar-refractivity contribution < 1.29 is 19.0 Å². The summed E-state index contributed by atoms with van der Waals surface area (Å²) in [7, 11) is 1.67. The Labute approximate surface area is 195 Å². The zero-order chi connectivity index (χ0) is 22.9. The van der Waals surface area contributed by atoms with Crippen molar-refractivity contribution in [2.24, 2.45) is 0 Å². The second kappa shape index (κ2) is 12.2. The molecule has 5 nitrogen and oxygen atoms in total. The zero-order valence-electron chi connectivity index (χ0n) is 19.6. The highest BCUT2D eigenvalue weighted by molar-refractivity contribution is 7.99. The number of methoxy groups -OCH3 is 1. The van der Waals surface area contributed by atoms with Crippen LogP contribution in [-0.4, -0.2) is 56.2 Å². The van der Waals surface area contributed by atoms with Gasteiger partial charge in [0.05, 0.1) is 24.2 Å². The molecule has 1 aromatic heterocycles. The van der Waals surface area contributed by atoms with Crippen molar-refractivity contribution in [2.45, 2.75) is 38.0 Å². The summed E-state index contributed by atoms with van der Waals surface area (Å²) in [5.41, 5.74) is 3.00. The van der Waals surface area contributed by atoms with E-state index in [1.54, 1.807) is 18.9 Å². The van der Waals surface area contributed by atoms with E-state index in [9.17, 15) is 0 Å². The molecule has 0 spiro atoms. The van der Waals surface area contributed by atoms with Gasteiger partial charge in [0, 0.05) is 24.6 Å². The summed E-state index contributed by atoms with van der Waals surface area (Å²) in [5.74, 6) is 2.37. The third-order valence-corrected chi connectivity index (χ3v) is 6.55. The number of thioether (sulfide) groups is 1. The van der Waals surface area contributed by atoms with E-state index in [1.165, 1.54) is 5.56 Å². The van der Waals surface area contributed by atoms with Crippen LogP contribution in [0.15, 0.2) is 45.7 Å². The predicted molar refractivity (Wildman–Crippen MR) is 133 cm³/mol. The molecule has 0 saturated heterocycles. The van der Waals surface area contributed by atoms with Crippen LogP contribution in [0.1, 0.15) is 32.3 Å². The van der Waals surface area contributed by atoms with Crippen LogP contribution in [0.2, 0.25) is 0 Å². The molecule has 0 radical (unpaired) electrons. The minimum Gasteiger partial charge on any atom is -0.497 e. The van der Waals surface area contributed by atoms with Gasteiger partial charge in [-0.25, -0.2) is 0 Å². The average Bonchev–Trinajstić information content (AvgIpc) is 3.20. The summed E-state index contributed by atoms with van der Waals surface area (Å²) in [6.45, 7) is 8.33. The monoisotopic (exact) mass is 457 g/mol. The fourth-order valence-electron chi connectivity index (χ4n) is 3.89. The minimum atomic E-state index is 0.199. The fraction of sp³-hybridized carbons (Fsp3) is 0.462. The maximum absolute atomic E-state index is 9.17. The Hall–Kier alpha value is -2.15. The number of furan rings is 1. The van der Waals surface area contributed by atoms with Gasteiger partial charge in [-0.3, -0.25) is 0 Å². The van der Waals surface area contributed by atoms with Gasteiger partial charge in [0.15, 0.2) is 5.76 Å². The molecule has 2 aromatic carbocycles. The van der Waals surface area contributed by atoms with Crippen molar-refractivity contribution in [2.75, 3.05) is 46.2 Å². The Morgan fingerprint density at radius 3 is 2.56 bits per heavy atom. The standard InChI is InChI=1S/C26H35NO4S/c1-5-27(6-2)14-8-16-30-24-18-20(29-3)11-12-21(24)25-26(32-4)22-17-19(9-7-15-28)10-13-23(22)31-25/h10-13,17-18,28H,5-9,14-16H2,1-4H3. The Morgan fingerprint density at radius 1 is 1.06 bits per heavy atom. The molecule has 0 bridgehead atoms. The number of benzene rings is 2. The molecular weight excluding hydrogens is 422 g/mol. The summed E-state index contributed by atoms with van der Waals surface area (Å²) >= 11 is 1.68. The molecule has 0 amide bonds. The first-order valence-electron chi connectivity index (χ1n) is 11.4. The van der Waals surface area contributed by atoms with Crippen LogP contribution < -0.4 is 9.47 Å². The molecule has 3 rings (SSSR count). The lowest BCUT2D eigenvalue weighted by Crippen LogP contribution is -2.25. The molecule has 0 unspecified atom stereocenters. The Morgan fingerprint density at radius 2 is 1.88 bits per heavy atom. The van der Waals surface area contributed by atoms with Crippen molar-refractivity contribution in [1.29, 1.82) is 0 Å². The summed E-state index contributed by atoms with van der Waals surface area (Å²) in [4.78, 5) is 3.50. The van der Waals surface area contributed by atoms with E-state index < -0.39 is 0 Å². The van der Waals surface area contributed by atoms with Gasteiger partial charge in [-0.05, 0) is 68.4 Å². The number of hydrogen-bond acceptors (Lipinski definition) is 6. The SMILES string of the molecule is CCN(CC)CCCOc1cc(OC)ccc1-c1oc2ccc(CCCO)cc2c1SC. The molecule has 32 heavy (non-hydrogen) atoms. The second-order valence-corrected chi connectivity index (χ2v) is 8.53. The van der Waals surface area contributed by atoms with E-state index in [4.69, 9.17) is 19.0 Å². The summed E-state index contributed by atoms with van der Waals surface area (Å²) in [6.07, 6.45) is 4.64. The quantitative estimate of drug-likeness (QED) is 0.256. The summed E-state index contributed by atoms with van der Waals surface area (Å²) < 4.78 is 18.0. The van der Waals surface area contributed by atoms with Crippen molar-refractivity contribution in [3.05, 3.63) is 42.0 Å². The number of aliphatic hydroxyl groups excluding tert-OH is 1. The van der Waals surface area contributed by atoms with E-state index in [1.807, 2.05) is 24.3 Å². The van der Waals surface area contributed by atoms with Gasteiger partial charge < -0.3 is 23.9 Å². The number of aliphatic hydroxyl groups is 1. The first-order valence-corrected chi connectivity index (χ1v) is 12.6. The van der Waals surface area contributed by atoms with Crippen LogP contribution >= 0.6 is 11.8 Å². The number of aryl methyl sites for hydroxylation is 1. The number of rotatable bonds is 13. The van der Waals surface area contributed by atoms with Gasteiger partial charge in [-0.15, -0.1) is 11.8 Å². The molecule has 0 atom stereocenters. The Balaban J connectivity index is 1.92. The van der Waals surface area contributed by atoms with Gasteiger partial charge >= 0.3 is 0 Å². The van der Waals surface area contributed by atoms with Crippen LogP contribution in [0.5, 0.6) is 11.5 Å². The molecule has 0 aliphatic heterocycles. The highest BCUT2D eigenvalue weighted by Gasteiger charge is 2.20. The minimum absolute atomic E-state index is 0.199. The molecule has 0 fully saturated rings. The molecule has 6 heteroatoms. The molecule has 1 N–H and O–H groups in total. The van der Waals surface area contributed by atoms with Gasteiger partial charge in [-0.1, -0.05) is 19.9 Å². The third kappa shape index (κ3) is 5.80. The maximum Gasteiger partial charge on any atom is 0.152 e. The van der Waals surface area contributed by atoms with Crippen molar-refractivity contribution in [3.63, 3.8) is 0 Å². The maximum atomic E-state index is 9.17. The molecule has 1 heterocycles. The van der Waals surface area contributed by atoms with E-state index in [0.717, 1.165) is 77.6 Å². The first kappa shape index (κ1) is 24.5. The number of hydrogen-bond donors (Lipinski definition) is 1. The van der Waals surface area contributed by atoms with Crippen LogP contribution in [0.4, 0.5) is 0 Å². The highest BCUT2D eigenvalue weighted by atomic mass is 32.2. The largest absolute Gasteiger partial charge is 0.497 e. The van der Waals surface area contributed by atoms with Crippen molar-refractivity contribution in [1.82, 2.24) is 4.90 Å². The molecule has 174 valence electrons. The Bertz CT molecular complexity index is 997. The van der Waals surface area contributed by atoms with Crippen LogP contribution in [0.3, 0.4) is 0 Å². The normalized spacial score (nSPS) is 11.4. The predicted octanol–water partition coefficient (Wildman–Crippen LogP) is 5.87. The Kier molecular flexibility index (Phi) is 9.33. The molecule has 0 aliphatic carbocycles. The number of fused-ring (bicyclic) bond motifs is 1. The van der Waals surface area contributed by atoms with E-state index in [0.29, 0.717) is 6.61 Å². The average molecular weight is 458 g/mol. The number of ether oxygens (including phenoxy) is 2. The molecule has 0 aliphatic rings. The summed E-state index contributed by atoms with van der Waals surface area (Å²) in [5, 5.41) is 10.3. The van der Waals surface area contributed by atoms with Gasteiger partial charge in [-0.2, -0.15) is 0 Å². The van der Waals surface area contributed by atoms with E-state index >= 15 is 0 Å². The fourth-order valence-corrected chi connectivity index (χ4v) is 4.60. The van der Waals surface area contributed by atoms with Gasteiger partial charge in [0.25, 0.3) is 0 Å². The van der Waals surface area contributed by atoms with Crippen LogP contribution in [0, 0.1) is 0 Å². The molecule has 3 aromatic rings. The highest BCUT2D eigenvalue weighted by Crippen LogP contribution is 2.44. The molecule has 0 saturated carbocycles. The third-order valence-electron chi connectivity index (χ3n) is 5.74. The van der Waals surface area contributed by atoms with Crippen LogP contribution in [-0.2, 0) is 6.42 Å². The van der Waals surface area contributed by atoms with E-state index in [2.05, 4.69) is 37.1 Å². The zero-order valence-corrected chi connectivity index (χ0v) is 20.5. The topological polar surface area (TPSA) is 55.1 Å². The second-order valence-electron chi connectivity index (χ2n) is 7.71. The van der Waals surface area contributed by atoms with Crippen molar-refractivity contribution >= 4 is 22.7 Å². The van der Waals surface area contributed by atoms with Gasteiger partial charge in [0.2, 0.25) is 0 Å². The lowest BCUT2D eigenvalue weighted by molar-refractivity contribution is 0.249. The lowest BCUT2D eigenvalue weighted by Gasteiger charge is -2.18. The lowest BCUT2D eigenvalue weighted by atomic mass is 10.1. The van der Waals surface area contributed by atoms with Gasteiger partial charge in [0.1, 0.15) is 17.1 Å². The smallest absolute Gasteiger partial charge is 0.152 e. The van der Waals surface area contributed by atoms with Crippen molar-refractivity contribution in [3.8, 4) is 22.8 Å². The molecular formula is C26H35NO4S. The number of nitrogens with zero attached hydrogens (tertiary/aromatic N) is 1. The summed E-state index contributed by atoms with van der Waals surface area (Å²) in [6, 6.07) is 12.2.